The molecule has 1 aromatic carbocycles. The summed E-state index contributed by atoms with van der Waals surface area (Å²) in [6.45, 7) is 10.8. The lowest BCUT2D eigenvalue weighted by molar-refractivity contribution is 0.0408. The maximum atomic E-state index is 12.7. The number of hydrogen-bond acceptors (Lipinski definition) is 3. The highest BCUT2D eigenvalue weighted by atomic mass is 16.3. The number of rotatable bonds is 4. The molecular weight excluding hydrogens is 288 g/mol. The number of fused-ring (bicyclic) bond motifs is 1. The van der Waals surface area contributed by atoms with Crippen molar-refractivity contribution < 1.29 is 9.21 Å². The summed E-state index contributed by atoms with van der Waals surface area (Å²) in [5.41, 5.74) is 9.78. The van der Waals surface area contributed by atoms with Gasteiger partial charge in [0.15, 0.2) is 0 Å². The molecule has 1 aliphatic heterocycles. The quantitative estimate of drug-likeness (QED) is 0.939. The molecule has 1 aromatic heterocycles. The van der Waals surface area contributed by atoms with E-state index in [4.69, 9.17) is 10.2 Å². The Bertz CT molecular complexity index is 739. The number of amides is 1. The zero-order chi connectivity index (χ0) is 16.8. The molecule has 1 saturated heterocycles. The van der Waals surface area contributed by atoms with Crippen molar-refractivity contribution in [1.82, 2.24) is 4.90 Å². The first kappa shape index (κ1) is 16.1. The molecule has 124 valence electrons. The zero-order valence-corrected chi connectivity index (χ0v) is 14.5. The maximum absolute atomic E-state index is 12.7. The number of benzene rings is 1. The van der Waals surface area contributed by atoms with Crippen LogP contribution in [0.25, 0.3) is 11.0 Å². The average molecular weight is 314 g/mol. The van der Waals surface area contributed by atoms with Gasteiger partial charge in [0.25, 0.3) is 5.91 Å². The van der Waals surface area contributed by atoms with Crippen molar-refractivity contribution in [3.8, 4) is 0 Å². The Balaban J connectivity index is 1.72. The van der Waals surface area contributed by atoms with Crippen LogP contribution in [0.3, 0.4) is 0 Å². The summed E-state index contributed by atoms with van der Waals surface area (Å²) in [6, 6.07) is 4.06. The second-order valence-electron chi connectivity index (χ2n) is 7.73. The largest absolute Gasteiger partial charge is 0.463 e. The summed E-state index contributed by atoms with van der Waals surface area (Å²) in [6.07, 6.45) is 2.67. The topological polar surface area (TPSA) is 59.5 Å². The van der Waals surface area contributed by atoms with E-state index < -0.39 is 0 Å². The second kappa shape index (κ2) is 5.68. The van der Waals surface area contributed by atoms with Crippen molar-refractivity contribution in [3.05, 3.63) is 35.1 Å². The molecule has 3 rings (SSSR count). The molecule has 0 spiro atoms. The van der Waals surface area contributed by atoms with E-state index in [2.05, 4.69) is 33.8 Å². The highest BCUT2D eigenvalue weighted by molar-refractivity contribution is 6.06. The molecule has 0 saturated carbocycles. The van der Waals surface area contributed by atoms with Gasteiger partial charge in [-0.25, -0.2) is 0 Å². The van der Waals surface area contributed by atoms with Crippen LogP contribution in [0.4, 0.5) is 0 Å². The van der Waals surface area contributed by atoms with Gasteiger partial charge in [-0.1, -0.05) is 13.8 Å². The van der Waals surface area contributed by atoms with Crippen LogP contribution in [0.2, 0.25) is 0 Å². The van der Waals surface area contributed by atoms with Gasteiger partial charge in [-0.3, -0.25) is 4.79 Å². The summed E-state index contributed by atoms with van der Waals surface area (Å²) in [7, 11) is 0. The predicted octanol–water partition coefficient (Wildman–Crippen LogP) is 3.50. The first-order valence-corrected chi connectivity index (χ1v) is 8.28. The Morgan fingerprint density at radius 2 is 1.96 bits per heavy atom. The Morgan fingerprint density at radius 3 is 2.61 bits per heavy atom. The second-order valence-corrected chi connectivity index (χ2v) is 7.73. The minimum Gasteiger partial charge on any atom is -0.463 e. The molecule has 0 bridgehead atoms. The molecule has 23 heavy (non-hydrogen) atoms. The van der Waals surface area contributed by atoms with Gasteiger partial charge in [-0.2, -0.15) is 0 Å². The third-order valence-corrected chi connectivity index (χ3v) is 5.06. The van der Waals surface area contributed by atoms with Gasteiger partial charge in [0.05, 0.1) is 5.56 Å². The van der Waals surface area contributed by atoms with E-state index in [1.54, 1.807) is 6.26 Å². The number of hydrogen-bond donors (Lipinski definition) is 1. The molecular formula is C19H26N2O2. The molecule has 2 aromatic rings. The fourth-order valence-corrected chi connectivity index (χ4v) is 3.35. The molecule has 2 N–H and O–H groups in total. The lowest BCUT2D eigenvalue weighted by Gasteiger charge is -2.42. The number of likely N-dealkylation sites (tertiary alicyclic amines) is 1. The van der Waals surface area contributed by atoms with E-state index in [-0.39, 0.29) is 11.3 Å². The smallest absolute Gasteiger partial charge is 0.257 e. The molecule has 2 heterocycles. The van der Waals surface area contributed by atoms with Gasteiger partial charge in [0, 0.05) is 18.5 Å². The van der Waals surface area contributed by atoms with Gasteiger partial charge in [0.1, 0.15) is 11.8 Å². The number of nitrogens with two attached hydrogens (primary N) is 1. The van der Waals surface area contributed by atoms with E-state index in [1.807, 2.05) is 11.0 Å². The molecule has 1 amide bonds. The summed E-state index contributed by atoms with van der Waals surface area (Å²) in [5, 5.41) is 0.920. The van der Waals surface area contributed by atoms with Crippen LogP contribution >= 0.6 is 0 Å². The Hall–Kier alpha value is -1.81. The van der Waals surface area contributed by atoms with E-state index in [1.165, 1.54) is 11.1 Å². The molecule has 4 heteroatoms. The Kier molecular flexibility index (Phi) is 3.96. The van der Waals surface area contributed by atoms with Gasteiger partial charge in [0.2, 0.25) is 0 Å². The molecule has 1 aliphatic rings. The minimum absolute atomic E-state index is 0.0776. The molecule has 0 atom stereocenters. The van der Waals surface area contributed by atoms with E-state index in [0.717, 1.165) is 30.5 Å². The normalized spacial score (nSPS) is 16.0. The molecule has 0 aliphatic carbocycles. The van der Waals surface area contributed by atoms with Crippen molar-refractivity contribution >= 4 is 16.9 Å². The van der Waals surface area contributed by atoms with Crippen molar-refractivity contribution in [2.75, 3.05) is 19.6 Å². The van der Waals surface area contributed by atoms with Crippen LogP contribution in [0, 0.1) is 25.2 Å². The highest BCUT2D eigenvalue weighted by Crippen LogP contribution is 2.32. The van der Waals surface area contributed by atoms with E-state index in [9.17, 15) is 4.79 Å². The van der Waals surface area contributed by atoms with Crippen LogP contribution in [-0.4, -0.2) is 30.4 Å². The van der Waals surface area contributed by atoms with E-state index >= 15 is 0 Å². The standard InChI is InChI=1S/C19H26N2O2/c1-12-5-15-16(10-23-17(15)6-13(12)2)18(22)21-8-14(9-21)7-19(3,4)11-20/h5-6,10,14H,7-9,11,20H2,1-4H3. The molecule has 4 nitrogen and oxygen atoms in total. The lowest BCUT2D eigenvalue weighted by atomic mass is 9.79. The SMILES string of the molecule is Cc1cc2occ(C(=O)N3CC(CC(C)(C)CN)C3)c2cc1C. The van der Waals surface area contributed by atoms with Crippen molar-refractivity contribution in [1.29, 1.82) is 0 Å². The summed E-state index contributed by atoms with van der Waals surface area (Å²) >= 11 is 0. The van der Waals surface area contributed by atoms with Gasteiger partial charge < -0.3 is 15.1 Å². The van der Waals surface area contributed by atoms with E-state index in [0.29, 0.717) is 18.0 Å². The lowest BCUT2D eigenvalue weighted by Crippen LogP contribution is -2.51. The fourth-order valence-electron chi connectivity index (χ4n) is 3.35. The number of furan rings is 1. The third-order valence-electron chi connectivity index (χ3n) is 5.06. The zero-order valence-electron chi connectivity index (χ0n) is 14.5. The average Bonchev–Trinajstić information content (AvgIpc) is 2.85. The summed E-state index contributed by atoms with van der Waals surface area (Å²) < 4.78 is 5.59. The van der Waals surface area contributed by atoms with Crippen LogP contribution in [0.15, 0.2) is 22.8 Å². The molecule has 0 unspecified atom stereocenters. The Morgan fingerprint density at radius 1 is 1.30 bits per heavy atom. The van der Waals surface area contributed by atoms with Crippen LogP contribution < -0.4 is 5.73 Å². The minimum atomic E-state index is 0.0776. The predicted molar refractivity (Wildman–Crippen MR) is 92.5 cm³/mol. The first-order valence-electron chi connectivity index (χ1n) is 8.28. The van der Waals surface area contributed by atoms with Crippen molar-refractivity contribution in [2.24, 2.45) is 17.1 Å². The first-order chi connectivity index (χ1) is 10.8. The number of carbonyl (C=O) groups is 1. The molecule has 1 fully saturated rings. The Labute approximate surface area is 137 Å². The van der Waals surface area contributed by atoms with Crippen molar-refractivity contribution in [3.63, 3.8) is 0 Å². The monoisotopic (exact) mass is 314 g/mol. The van der Waals surface area contributed by atoms with Gasteiger partial charge in [-0.05, 0) is 61.4 Å². The fraction of sp³-hybridized carbons (Fsp3) is 0.526. The van der Waals surface area contributed by atoms with Gasteiger partial charge >= 0.3 is 0 Å². The molecule has 0 radical (unpaired) electrons. The van der Waals surface area contributed by atoms with Gasteiger partial charge in [-0.15, -0.1) is 0 Å². The summed E-state index contributed by atoms with van der Waals surface area (Å²) in [5.74, 6) is 0.633. The number of nitrogens with zero attached hydrogens (tertiary/aromatic N) is 1. The number of carbonyl (C=O) groups excluding carboxylic acids is 1. The highest BCUT2D eigenvalue weighted by Gasteiger charge is 2.35. The van der Waals surface area contributed by atoms with Crippen LogP contribution in [-0.2, 0) is 0 Å². The third kappa shape index (κ3) is 3.00. The van der Waals surface area contributed by atoms with Crippen LogP contribution in [0.5, 0.6) is 0 Å². The summed E-state index contributed by atoms with van der Waals surface area (Å²) in [4.78, 5) is 14.6. The van der Waals surface area contributed by atoms with Crippen LogP contribution in [0.1, 0.15) is 41.8 Å². The maximum Gasteiger partial charge on any atom is 0.257 e. The van der Waals surface area contributed by atoms with Crippen molar-refractivity contribution in [2.45, 2.75) is 34.1 Å². The number of aryl methyl sites for hydroxylation is 2.